The van der Waals surface area contributed by atoms with Crippen molar-refractivity contribution < 1.29 is 9.13 Å². The fourth-order valence-electron chi connectivity index (χ4n) is 3.06. The summed E-state index contributed by atoms with van der Waals surface area (Å²) in [6.45, 7) is 4.26. The summed E-state index contributed by atoms with van der Waals surface area (Å²) in [7, 11) is 5.86. The van der Waals surface area contributed by atoms with Crippen LogP contribution in [0.4, 0.5) is 4.39 Å². The molecule has 2 rings (SSSR count). The van der Waals surface area contributed by atoms with Gasteiger partial charge in [-0.05, 0) is 58.4 Å². The Bertz CT molecular complexity index is 450. The first-order valence-corrected chi connectivity index (χ1v) is 7.78. The molecule has 0 aromatic heterocycles. The maximum atomic E-state index is 13.3. The minimum absolute atomic E-state index is 0.238. The maximum Gasteiger partial charge on any atom is 0.126 e. The van der Waals surface area contributed by atoms with E-state index in [4.69, 9.17) is 4.74 Å². The molecule has 1 atom stereocenters. The van der Waals surface area contributed by atoms with E-state index in [2.05, 4.69) is 23.9 Å². The molecule has 0 amide bonds. The van der Waals surface area contributed by atoms with E-state index >= 15 is 0 Å². The molecule has 1 saturated heterocycles. The number of methoxy groups -OCH3 is 1. The quantitative estimate of drug-likeness (QED) is 0.802. The van der Waals surface area contributed by atoms with E-state index in [0.717, 1.165) is 37.7 Å². The molecular weight excluding hydrogens is 267 g/mol. The highest BCUT2D eigenvalue weighted by molar-refractivity contribution is 5.33. The van der Waals surface area contributed by atoms with Crippen molar-refractivity contribution in [2.75, 3.05) is 40.8 Å². The van der Waals surface area contributed by atoms with E-state index in [1.807, 2.05) is 6.07 Å². The van der Waals surface area contributed by atoms with E-state index in [1.54, 1.807) is 7.11 Å². The van der Waals surface area contributed by atoms with E-state index in [1.165, 1.54) is 31.4 Å². The van der Waals surface area contributed by atoms with Gasteiger partial charge in [0.2, 0.25) is 0 Å². The highest BCUT2D eigenvalue weighted by Gasteiger charge is 2.20. The lowest BCUT2D eigenvalue weighted by Gasteiger charge is -2.33. The van der Waals surface area contributed by atoms with Gasteiger partial charge in [-0.15, -0.1) is 0 Å². The first-order chi connectivity index (χ1) is 10.1. The average molecular weight is 294 g/mol. The lowest BCUT2D eigenvalue weighted by molar-refractivity contribution is 0.153. The number of nitrogens with zero attached hydrogens (tertiary/aromatic N) is 2. The SMILES string of the molecule is COc1cc(F)ccc1CN1CCC[C@H](CCN(C)C)C1. The number of halogens is 1. The van der Waals surface area contributed by atoms with Gasteiger partial charge < -0.3 is 9.64 Å². The number of piperidine rings is 1. The van der Waals surface area contributed by atoms with Crippen LogP contribution in [-0.4, -0.2) is 50.6 Å². The molecule has 0 N–H and O–H groups in total. The lowest BCUT2D eigenvalue weighted by Crippen LogP contribution is -2.36. The van der Waals surface area contributed by atoms with Crippen LogP contribution < -0.4 is 4.74 Å². The molecule has 1 aromatic rings. The lowest BCUT2D eigenvalue weighted by atomic mass is 9.94. The molecule has 1 fully saturated rings. The van der Waals surface area contributed by atoms with Crippen molar-refractivity contribution in [1.82, 2.24) is 9.80 Å². The van der Waals surface area contributed by atoms with Crippen LogP contribution in [-0.2, 0) is 6.54 Å². The highest BCUT2D eigenvalue weighted by Crippen LogP contribution is 2.25. The van der Waals surface area contributed by atoms with Crippen molar-refractivity contribution in [2.45, 2.75) is 25.8 Å². The van der Waals surface area contributed by atoms with Crippen LogP contribution in [0.2, 0.25) is 0 Å². The minimum atomic E-state index is -0.238. The van der Waals surface area contributed by atoms with Gasteiger partial charge in [0, 0.05) is 24.7 Å². The molecule has 118 valence electrons. The summed E-state index contributed by atoms with van der Waals surface area (Å²) in [4.78, 5) is 4.72. The van der Waals surface area contributed by atoms with Crippen molar-refractivity contribution in [3.8, 4) is 5.75 Å². The standard InChI is InChI=1S/C17H27FN2O/c1-19(2)10-8-14-5-4-9-20(12-14)13-15-6-7-16(18)11-17(15)21-3/h6-7,11,14H,4-5,8-10,12-13H2,1-3H3/t14-/m1/s1. The Labute approximate surface area is 127 Å². The van der Waals surface area contributed by atoms with Gasteiger partial charge in [0.25, 0.3) is 0 Å². The zero-order valence-electron chi connectivity index (χ0n) is 13.4. The second-order valence-electron chi connectivity index (χ2n) is 6.29. The van der Waals surface area contributed by atoms with Gasteiger partial charge in [-0.3, -0.25) is 4.90 Å². The molecule has 0 unspecified atom stereocenters. The van der Waals surface area contributed by atoms with Gasteiger partial charge in [0.05, 0.1) is 7.11 Å². The Kier molecular flexibility index (Phi) is 6.00. The average Bonchev–Trinajstić information content (AvgIpc) is 2.47. The summed E-state index contributed by atoms with van der Waals surface area (Å²) < 4.78 is 18.6. The molecule has 0 radical (unpaired) electrons. The van der Waals surface area contributed by atoms with Crippen LogP contribution in [0.15, 0.2) is 18.2 Å². The Morgan fingerprint density at radius 3 is 2.90 bits per heavy atom. The van der Waals surface area contributed by atoms with Crippen molar-refractivity contribution in [1.29, 1.82) is 0 Å². The smallest absolute Gasteiger partial charge is 0.126 e. The van der Waals surface area contributed by atoms with E-state index in [0.29, 0.717) is 5.75 Å². The summed E-state index contributed by atoms with van der Waals surface area (Å²) >= 11 is 0. The number of hydrogen-bond donors (Lipinski definition) is 0. The molecule has 1 aliphatic heterocycles. The summed E-state index contributed by atoms with van der Waals surface area (Å²) in [6.07, 6.45) is 3.83. The minimum Gasteiger partial charge on any atom is -0.496 e. The van der Waals surface area contributed by atoms with Crippen LogP contribution in [0.3, 0.4) is 0 Å². The van der Waals surface area contributed by atoms with Crippen molar-refractivity contribution in [3.05, 3.63) is 29.6 Å². The third kappa shape index (κ3) is 4.97. The summed E-state index contributed by atoms with van der Waals surface area (Å²) in [5.41, 5.74) is 1.08. The summed E-state index contributed by atoms with van der Waals surface area (Å²) in [5, 5.41) is 0. The van der Waals surface area contributed by atoms with Crippen LogP contribution >= 0.6 is 0 Å². The Balaban J connectivity index is 1.93. The third-order valence-corrected chi connectivity index (χ3v) is 4.23. The number of hydrogen-bond acceptors (Lipinski definition) is 3. The predicted octanol–water partition coefficient (Wildman–Crippen LogP) is 3.00. The normalized spacial score (nSPS) is 20.0. The molecular formula is C17H27FN2O. The van der Waals surface area contributed by atoms with Crippen LogP contribution in [0.5, 0.6) is 5.75 Å². The molecule has 3 nitrogen and oxygen atoms in total. The largest absolute Gasteiger partial charge is 0.496 e. The van der Waals surface area contributed by atoms with Crippen molar-refractivity contribution in [2.24, 2.45) is 5.92 Å². The first-order valence-electron chi connectivity index (χ1n) is 7.78. The van der Waals surface area contributed by atoms with Gasteiger partial charge >= 0.3 is 0 Å². The fraction of sp³-hybridized carbons (Fsp3) is 0.647. The van der Waals surface area contributed by atoms with Gasteiger partial charge in [0.15, 0.2) is 0 Å². The van der Waals surface area contributed by atoms with Crippen LogP contribution in [0.1, 0.15) is 24.8 Å². The van der Waals surface area contributed by atoms with Crippen molar-refractivity contribution in [3.63, 3.8) is 0 Å². The second-order valence-corrected chi connectivity index (χ2v) is 6.29. The summed E-state index contributed by atoms with van der Waals surface area (Å²) in [6, 6.07) is 4.84. The highest BCUT2D eigenvalue weighted by atomic mass is 19.1. The first kappa shape index (κ1) is 16.2. The molecule has 0 saturated carbocycles. The third-order valence-electron chi connectivity index (χ3n) is 4.23. The van der Waals surface area contributed by atoms with Crippen LogP contribution in [0.25, 0.3) is 0 Å². The molecule has 1 aromatic carbocycles. The molecule has 21 heavy (non-hydrogen) atoms. The van der Waals surface area contributed by atoms with E-state index in [9.17, 15) is 4.39 Å². The monoisotopic (exact) mass is 294 g/mol. The number of benzene rings is 1. The van der Waals surface area contributed by atoms with Gasteiger partial charge in [-0.25, -0.2) is 4.39 Å². The maximum absolute atomic E-state index is 13.3. The number of ether oxygens (including phenoxy) is 1. The van der Waals surface area contributed by atoms with Gasteiger partial charge in [-0.2, -0.15) is 0 Å². The Morgan fingerprint density at radius 2 is 2.19 bits per heavy atom. The fourth-order valence-corrected chi connectivity index (χ4v) is 3.06. The number of likely N-dealkylation sites (tertiary alicyclic amines) is 1. The predicted molar refractivity (Wildman–Crippen MR) is 84.1 cm³/mol. The van der Waals surface area contributed by atoms with Gasteiger partial charge in [-0.1, -0.05) is 6.07 Å². The molecule has 0 bridgehead atoms. The zero-order chi connectivity index (χ0) is 15.2. The molecule has 0 spiro atoms. The zero-order valence-corrected chi connectivity index (χ0v) is 13.4. The number of rotatable bonds is 6. The van der Waals surface area contributed by atoms with Crippen LogP contribution in [0, 0.1) is 11.7 Å². The van der Waals surface area contributed by atoms with E-state index in [-0.39, 0.29) is 5.82 Å². The molecule has 1 heterocycles. The topological polar surface area (TPSA) is 15.7 Å². The molecule has 0 aliphatic carbocycles. The summed E-state index contributed by atoms with van der Waals surface area (Å²) in [5.74, 6) is 1.19. The van der Waals surface area contributed by atoms with E-state index < -0.39 is 0 Å². The van der Waals surface area contributed by atoms with Gasteiger partial charge in [0.1, 0.15) is 11.6 Å². The Hall–Kier alpha value is -1.13. The second kappa shape index (κ2) is 7.76. The Morgan fingerprint density at radius 1 is 1.38 bits per heavy atom. The molecule has 4 heteroatoms. The molecule has 1 aliphatic rings. The van der Waals surface area contributed by atoms with Crippen molar-refractivity contribution >= 4 is 0 Å².